The van der Waals surface area contributed by atoms with Gasteiger partial charge in [-0.1, -0.05) is 24.3 Å². The summed E-state index contributed by atoms with van der Waals surface area (Å²) in [7, 11) is 1.39. The summed E-state index contributed by atoms with van der Waals surface area (Å²) >= 11 is 0. The number of alkyl halides is 3. The number of hydrogen-bond donors (Lipinski definition) is 0. The third kappa shape index (κ3) is 4.18. The number of para-hydroxylation sites is 1. The summed E-state index contributed by atoms with van der Waals surface area (Å²) in [5.74, 6) is -0.707. The van der Waals surface area contributed by atoms with Gasteiger partial charge >= 0.3 is 12.3 Å². The van der Waals surface area contributed by atoms with Gasteiger partial charge in [0.1, 0.15) is 17.1 Å². The highest BCUT2D eigenvalue weighted by atomic mass is 19.4. The average molecular weight is 340 g/mol. The van der Waals surface area contributed by atoms with Crippen molar-refractivity contribution in [2.24, 2.45) is 0 Å². The van der Waals surface area contributed by atoms with Crippen LogP contribution < -0.4 is 9.47 Å². The smallest absolute Gasteiger partial charge is 0.496 e. The van der Waals surface area contributed by atoms with Gasteiger partial charge in [-0.05, 0) is 30.7 Å². The van der Waals surface area contributed by atoms with E-state index in [0.29, 0.717) is 5.56 Å². The summed E-state index contributed by atoms with van der Waals surface area (Å²) in [6, 6.07) is 10.1. The Labute approximate surface area is 136 Å². The van der Waals surface area contributed by atoms with Gasteiger partial charge in [0.25, 0.3) is 0 Å². The molecular weight excluding hydrogens is 325 g/mol. The third-order valence-electron chi connectivity index (χ3n) is 3.12. The van der Waals surface area contributed by atoms with E-state index in [9.17, 15) is 18.0 Å². The maximum atomic E-state index is 12.5. The summed E-state index contributed by atoms with van der Waals surface area (Å²) in [4.78, 5) is 12.0. The van der Waals surface area contributed by atoms with Crippen LogP contribution in [0.1, 0.15) is 17.3 Å². The molecule has 24 heavy (non-hydrogen) atoms. The van der Waals surface area contributed by atoms with Gasteiger partial charge < -0.3 is 14.2 Å². The molecule has 0 N–H and O–H groups in total. The predicted octanol–water partition coefficient (Wildman–Crippen LogP) is 4.44. The van der Waals surface area contributed by atoms with Crippen LogP contribution in [0.3, 0.4) is 0 Å². The largest absolute Gasteiger partial charge is 0.573 e. The lowest BCUT2D eigenvalue weighted by atomic mass is 10.0. The zero-order chi connectivity index (χ0) is 17.7. The van der Waals surface area contributed by atoms with E-state index in [4.69, 9.17) is 9.47 Å². The monoisotopic (exact) mass is 340 g/mol. The Morgan fingerprint density at radius 3 is 2.42 bits per heavy atom. The first kappa shape index (κ1) is 17.7. The van der Waals surface area contributed by atoms with Crippen LogP contribution in [0.5, 0.6) is 11.5 Å². The van der Waals surface area contributed by atoms with Crippen LogP contribution in [-0.4, -0.2) is 26.0 Å². The fourth-order valence-electron chi connectivity index (χ4n) is 2.16. The van der Waals surface area contributed by atoms with Gasteiger partial charge in [0.2, 0.25) is 0 Å². The Balaban J connectivity index is 2.50. The van der Waals surface area contributed by atoms with E-state index in [0.717, 1.165) is 0 Å². The molecule has 0 saturated carbocycles. The lowest BCUT2D eigenvalue weighted by Crippen LogP contribution is -2.17. The Bertz CT molecular complexity index is 726. The molecular formula is C17H15F3O4. The Morgan fingerprint density at radius 2 is 1.79 bits per heavy atom. The van der Waals surface area contributed by atoms with Crippen molar-refractivity contribution in [2.45, 2.75) is 13.3 Å². The minimum absolute atomic E-state index is 0.124. The van der Waals surface area contributed by atoms with E-state index < -0.39 is 12.3 Å². The standard InChI is InChI=1S/C17H15F3O4/c1-3-23-16(21)13-10-11(8-9-14(13)22-2)12-6-4-5-7-15(12)24-17(18,19)20/h4-10H,3H2,1-2H3. The molecule has 0 heterocycles. The van der Waals surface area contributed by atoms with Gasteiger partial charge in [-0.3, -0.25) is 0 Å². The fourth-order valence-corrected chi connectivity index (χ4v) is 2.16. The van der Waals surface area contributed by atoms with Crippen molar-refractivity contribution < 1.29 is 32.2 Å². The van der Waals surface area contributed by atoms with Crippen LogP contribution in [0.2, 0.25) is 0 Å². The average Bonchev–Trinajstić information content (AvgIpc) is 2.53. The van der Waals surface area contributed by atoms with Crippen LogP contribution in [0.15, 0.2) is 42.5 Å². The molecule has 0 atom stereocenters. The second kappa shape index (κ2) is 7.25. The van der Waals surface area contributed by atoms with E-state index in [1.807, 2.05) is 0 Å². The number of methoxy groups -OCH3 is 1. The molecule has 0 amide bonds. The molecule has 0 saturated heterocycles. The van der Waals surface area contributed by atoms with Crippen LogP contribution in [-0.2, 0) is 4.74 Å². The third-order valence-corrected chi connectivity index (χ3v) is 3.12. The second-order valence-electron chi connectivity index (χ2n) is 4.68. The summed E-state index contributed by atoms with van der Waals surface area (Å²) < 4.78 is 51.7. The van der Waals surface area contributed by atoms with E-state index in [1.54, 1.807) is 19.1 Å². The molecule has 0 bridgehead atoms. The number of rotatable bonds is 5. The number of hydrogen-bond acceptors (Lipinski definition) is 4. The molecule has 4 nitrogen and oxygen atoms in total. The van der Waals surface area contributed by atoms with Gasteiger partial charge in [-0.2, -0.15) is 0 Å². The van der Waals surface area contributed by atoms with E-state index in [-0.39, 0.29) is 29.2 Å². The molecule has 0 spiro atoms. The fraction of sp³-hybridized carbons (Fsp3) is 0.235. The first-order valence-corrected chi connectivity index (χ1v) is 7.06. The predicted molar refractivity (Wildman–Crippen MR) is 81.1 cm³/mol. The molecule has 2 aromatic carbocycles. The normalized spacial score (nSPS) is 11.0. The first-order chi connectivity index (χ1) is 11.4. The highest BCUT2D eigenvalue weighted by Gasteiger charge is 2.32. The number of esters is 1. The van der Waals surface area contributed by atoms with E-state index >= 15 is 0 Å². The maximum Gasteiger partial charge on any atom is 0.573 e. The number of ether oxygens (including phenoxy) is 3. The molecule has 0 aliphatic heterocycles. The highest BCUT2D eigenvalue weighted by Crippen LogP contribution is 2.35. The molecule has 0 fully saturated rings. The molecule has 0 radical (unpaired) electrons. The SMILES string of the molecule is CCOC(=O)c1cc(-c2ccccc2OC(F)(F)F)ccc1OC. The molecule has 0 aliphatic carbocycles. The summed E-state index contributed by atoms with van der Waals surface area (Å²) in [6.45, 7) is 1.82. The summed E-state index contributed by atoms with van der Waals surface area (Å²) in [5.41, 5.74) is 0.695. The minimum Gasteiger partial charge on any atom is -0.496 e. The zero-order valence-electron chi connectivity index (χ0n) is 13.0. The maximum absolute atomic E-state index is 12.5. The van der Waals surface area contributed by atoms with Gasteiger partial charge in [-0.25, -0.2) is 4.79 Å². The number of benzene rings is 2. The van der Waals surface area contributed by atoms with Gasteiger partial charge in [0.05, 0.1) is 13.7 Å². The highest BCUT2D eigenvalue weighted by molar-refractivity contribution is 5.94. The van der Waals surface area contributed by atoms with Crippen LogP contribution in [0, 0.1) is 0 Å². The van der Waals surface area contributed by atoms with Gasteiger partial charge in [0.15, 0.2) is 0 Å². The Morgan fingerprint density at radius 1 is 1.08 bits per heavy atom. The van der Waals surface area contributed by atoms with Gasteiger partial charge in [0, 0.05) is 5.56 Å². The van der Waals surface area contributed by atoms with Crippen LogP contribution in [0.25, 0.3) is 11.1 Å². The lowest BCUT2D eigenvalue weighted by Gasteiger charge is -2.15. The van der Waals surface area contributed by atoms with Crippen molar-refractivity contribution in [3.05, 3.63) is 48.0 Å². The molecule has 128 valence electrons. The van der Waals surface area contributed by atoms with Gasteiger partial charge in [-0.15, -0.1) is 13.2 Å². The van der Waals surface area contributed by atoms with Crippen LogP contribution >= 0.6 is 0 Å². The van der Waals surface area contributed by atoms with Crippen molar-refractivity contribution in [1.82, 2.24) is 0 Å². The molecule has 0 aliphatic rings. The number of halogens is 3. The quantitative estimate of drug-likeness (QED) is 0.755. The van der Waals surface area contributed by atoms with E-state index in [1.165, 1.54) is 37.4 Å². The molecule has 7 heteroatoms. The Kier molecular flexibility index (Phi) is 5.33. The van der Waals surface area contributed by atoms with E-state index in [2.05, 4.69) is 4.74 Å². The van der Waals surface area contributed by atoms with Crippen molar-refractivity contribution in [2.75, 3.05) is 13.7 Å². The van der Waals surface area contributed by atoms with Crippen LogP contribution in [0.4, 0.5) is 13.2 Å². The summed E-state index contributed by atoms with van der Waals surface area (Å²) in [5, 5.41) is 0. The topological polar surface area (TPSA) is 44.8 Å². The number of carbonyl (C=O) groups excluding carboxylic acids is 1. The first-order valence-electron chi connectivity index (χ1n) is 7.06. The lowest BCUT2D eigenvalue weighted by molar-refractivity contribution is -0.274. The minimum atomic E-state index is -4.81. The Hall–Kier alpha value is -2.70. The molecule has 2 aromatic rings. The summed E-state index contributed by atoms with van der Waals surface area (Å²) in [6.07, 6.45) is -4.81. The molecule has 0 unspecified atom stereocenters. The molecule has 2 rings (SSSR count). The zero-order valence-corrected chi connectivity index (χ0v) is 13.0. The number of carbonyl (C=O) groups is 1. The second-order valence-corrected chi connectivity index (χ2v) is 4.68. The van der Waals surface area contributed by atoms with Crippen molar-refractivity contribution in [3.8, 4) is 22.6 Å². The van der Waals surface area contributed by atoms with Crippen molar-refractivity contribution >= 4 is 5.97 Å². The van der Waals surface area contributed by atoms with Crippen molar-refractivity contribution in [3.63, 3.8) is 0 Å². The molecule has 0 aromatic heterocycles. The van der Waals surface area contributed by atoms with Crippen molar-refractivity contribution in [1.29, 1.82) is 0 Å².